The lowest BCUT2D eigenvalue weighted by molar-refractivity contribution is 0.150. The summed E-state index contributed by atoms with van der Waals surface area (Å²) in [5, 5.41) is 8.66. The Bertz CT molecular complexity index is 333. The van der Waals surface area contributed by atoms with Gasteiger partial charge in [0.25, 0.3) is 0 Å². The monoisotopic (exact) mass is 294 g/mol. The number of allylic oxidation sites excluding steroid dienone is 5. The van der Waals surface area contributed by atoms with E-state index in [1.54, 1.807) is 0 Å². The van der Waals surface area contributed by atoms with E-state index in [0.717, 1.165) is 38.7 Å². The summed E-state index contributed by atoms with van der Waals surface area (Å²) in [4.78, 5) is 0. The highest BCUT2D eigenvalue weighted by Gasteiger charge is 1.92. The number of hydrogen-bond acceptors (Lipinski definition) is 2. The zero-order valence-corrected chi connectivity index (χ0v) is 14.5. The molecule has 0 aliphatic heterocycles. The molecule has 0 aromatic heterocycles. The fraction of sp³-hybridized carbons (Fsp3) is 0.684. The third-order valence-electron chi connectivity index (χ3n) is 3.37. The van der Waals surface area contributed by atoms with Gasteiger partial charge in [0, 0.05) is 13.2 Å². The molecule has 122 valence electrons. The number of hydrogen-bond donors (Lipinski definition) is 1. The molecule has 1 N–H and O–H groups in total. The van der Waals surface area contributed by atoms with E-state index in [0.29, 0.717) is 6.61 Å². The predicted octanol–water partition coefficient (Wildman–Crippen LogP) is 5.19. The maximum Gasteiger partial charge on any atom is 0.0649 e. The molecular formula is C19H34O2. The normalized spacial score (nSPS) is 12.6. The molecular weight excluding hydrogens is 260 g/mol. The number of aliphatic hydroxyl groups excluding tert-OH is 1. The number of unbranched alkanes of at least 4 members (excludes halogenated alkanes) is 1. The summed E-state index contributed by atoms with van der Waals surface area (Å²) >= 11 is 0. The first-order valence-corrected chi connectivity index (χ1v) is 8.19. The first-order chi connectivity index (χ1) is 10.1. The van der Waals surface area contributed by atoms with Crippen molar-refractivity contribution in [1.29, 1.82) is 0 Å². The lowest BCUT2D eigenvalue weighted by Gasteiger charge is -2.03. The quantitative estimate of drug-likeness (QED) is 0.396. The van der Waals surface area contributed by atoms with Crippen LogP contribution in [0.5, 0.6) is 0 Å². The maximum atomic E-state index is 8.66. The van der Waals surface area contributed by atoms with Crippen LogP contribution >= 0.6 is 0 Å². The molecule has 0 aliphatic carbocycles. The molecule has 21 heavy (non-hydrogen) atoms. The van der Waals surface area contributed by atoms with Crippen LogP contribution in [0.15, 0.2) is 34.9 Å². The van der Waals surface area contributed by atoms with Gasteiger partial charge in [-0.05, 0) is 66.2 Å². The van der Waals surface area contributed by atoms with Gasteiger partial charge in [0.2, 0.25) is 0 Å². The zero-order valence-electron chi connectivity index (χ0n) is 14.5. The van der Waals surface area contributed by atoms with E-state index in [2.05, 4.69) is 45.9 Å². The topological polar surface area (TPSA) is 29.5 Å². The second-order valence-electron chi connectivity index (χ2n) is 5.97. The molecule has 0 spiro atoms. The van der Waals surface area contributed by atoms with E-state index in [4.69, 9.17) is 9.84 Å². The second kappa shape index (κ2) is 14.1. The van der Waals surface area contributed by atoms with Gasteiger partial charge in [-0.15, -0.1) is 0 Å². The molecule has 0 saturated carbocycles. The molecule has 2 nitrogen and oxygen atoms in total. The Morgan fingerprint density at radius 1 is 0.857 bits per heavy atom. The second-order valence-corrected chi connectivity index (χ2v) is 5.97. The van der Waals surface area contributed by atoms with Crippen molar-refractivity contribution >= 4 is 0 Å². The van der Waals surface area contributed by atoms with Crippen LogP contribution in [0.25, 0.3) is 0 Å². The minimum atomic E-state index is 0.261. The first kappa shape index (κ1) is 20.1. The van der Waals surface area contributed by atoms with E-state index in [9.17, 15) is 0 Å². The van der Waals surface area contributed by atoms with Crippen LogP contribution < -0.4 is 0 Å². The Balaban J connectivity index is 3.71. The van der Waals surface area contributed by atoms with Gasteiger partial charge in [-0.3, -0.25) is 0 Å². The van der Waals surface area contributed by atoms with Crippen molar-refractivity contribution in [2.45, 2.75) is 66.2 Å². The number of rotatable bonds is 12. The average molecular weight is 294 g/mol. The van der Waals surface area contributed by atoms with Crippen molar-refractivity contribution in [2.24, 2.45) is 0 Å². The lowest BCUT2D eigenvalue weighted by Crippen LogP contribution is -1.96. The van der Waals surface area contributed by atoms with Gasteiger partial charge in [-0.2, -0.15) is 0 Å². The van der Waals surface area contributed by atoms with Crippen LogP contribution in [0, 0.1) is 0 Å². The fourth-order valence-electron chi connectivity index (χ4n) is 1.94. The molecule has 0 fully saturated rings. The molecule has 0 radical (unpaired) electrons. The van der Waals surface area contributed by atoms with Crippen molar-refractivity contribution in [3.05, 3.63) is 34.9 Å². The van der Waals surface area contributed by atoms with Crippen molar-refractivity contribution in [3.63, 3.8) is 0 Å². The third kappa shape index (κ3) is 15.3. The highest BCUT2D eigenvalue weighted by Crippen LogP contribution is 2.11. The van der Waals surface area contributed by atoms with E-state index < -0.39 is 0 Å². The summed E-state index contributed by atoms with van der Waals surface area (Å²) in [6.45, 7) is 10.4. The molecule has 0 saturated heterocycles. The Hall–Kier alpha value is -0.860. The summed E-state index contributed by atoms with van der Waals surface area (Å²) < 4.78 is 5.50. The minimum Gasteiger partial charge on any atom is -0.396 e. The molecule has 0 atom stereocenters. The summed E-state index contributed by atoms with van der Waals surface area (Å²) in [5.74, 6) is 0. The highest BCUT2D eigenvalue weighted by molar-refractivity contribution is 5.05. The van der Waals surface area contributed by atoms with Crippen LogP contribution in [-0.2, 0) is 4.74 Å². The molecule has 0 bridgehead atoms. The van der Waals surface area contributed by atoms with Crippen LogP contribution in [0.2, 0.25) is 0 Å². The minimum absolute atomic E-state index is 0.261. The number of ether oxygens (including phenoxy) is 1. The number of aliphatic hydroxyl groups is 1. The van der Waals surface area contributed by atoms with Crippen LogP contribution in [-0.4, -0.2) is 24.9 Å². The Morgan fingerprint density at radius 3 is 2.10 bits per heavy atom. The van der Waals surface area contributed by atoms with Gasteiger partial charge in [-0.1, -0.05) is 34.9 Å². The highest BCUT2D eigenvalue weighted by atomic mass is 16.5. The van der Waals surface area contributed by atoms with Crippen LogP contribution in [0.1, 0.15) is 66.2 Å². The van der Waals surface area contributed by atoms with Gasteiger partial charge < -0.3 is 9.84 Å². The molecule has 0 amide bonds. The van der Waals surface area contributed by atoms with Gasteiger partial charge in [0.15, 0.2) is 0 Å². The summed E-state index contributed by atoms with van der Waals surface area (Å²) in [6.07, 6.45) is 13.2. The lowest BCUT2D eigenvalue weighted by atomic mass is 10.1. The third-order valence-corrected chi connectivity index (χ3v) is 3.37. The molecule has 0 heterocycles. The zero-order chi connectivity index (χ0) is 15.9. The van der Waals surface area contributed by atoms with E-state index >= 15 is 0 Å². The maximum absolute atomic E-state index is 8.66. The summed E-state index contributed by atoms with van der Waals surface area (Å²) in [7, 11) is 0. The molecule has 2 heteroatoms. The standard InChI is InChI=1S/C19H34O2/c1-17(2)9-7-10-18(3)11-8-12-19(4)13-16-21-15-6-5-14-20/h9,11,13,20H,5-8,10,12,14-16H2,1-4H3/b18-11+,19-13+. The predicted molar refractivity (Wildman–Crippen MR) is 92.6 cm³/mol. The Labute approximate surface area is 131 Å². The SMILES string of the molecule is CC(C)=CCC/C(C)=C/CC/C(C)=C/COCCCCO. The summed E-state index contributed by atoms with van der Waals surface area (Å²) in [5.41, 5.74) is 4.28. The molecule has 0 aliphatic rings. The van der Waals surface area contributed by atoms with Crippen molar-refractivity contribution < 1.29 is 9.84 Å². The van der Waals surface area contributed by atoms with Crippen molar-refractivity contribution in [3.8, 4) is 0 Å². The van der Waals surface area contributed by atoms with Crippen LogP contribution in [0.3, 0.4) is 0 Å². The van der Waals surface area contributed by atoms with Gasteiger partial charge >= 0.3 is 0 Å². The first-order valence-electron chi connectivity index (χ1n) is 8.19. The Kier molecular flexibility index (Phi) is 13.5. The molecule has 0 aromatic rings. The smallest absolute Gasteiger partial charge is 0.0649 e. The fourth-order valence-corrected chi connectivity index (χ4v) is 1.94. The molecule has 0 rings (SSSR count). The van der Waals surface area contributed by atoms with Crippen LogP contribution in [0.4, 0.5) is 0 Å². The largest absolute Gasteiger partial charge is 0.396 e. The van der Waals surface area contributed by atoms with Gasteiger partial charge in [-0.25, -0.2) is 0 Å². The molecule has 0 unspecified atom stereocenters. The van der Waals surface area contributed by atoms with Gasteiger partial charge in [0.05, 0.1) is 6.61 Å². The average Bonchev–Trinajstić information content (AvgIpc) is 2.42. The van der Waals surface area contributed by atoms with Crippen molar-refractivity contribution in [2.75, 3.05) is 19.8 Å². The Morgan fingerprint density at radius 2 is 1.48 bits per heavy atom. The van der Waals surface area contributed by atoms with Crippen molar-refractivity contribution in [1.82, 2.24) is 0 Å². The van der Waals surface area contributed by atoms with E-state index in [-0.39, 0.29) is 6.61 Å². The van der Waals surface area contributed by atoms with E-state index in [1.165, 1.54) is 23.1 Å². The summed E-state index contributed by atoms with van der Waals surface area (Å²) in [6, 6.07) is 0. The van der Waals surface area contributed by atoms with E-state index in [1.807, 2.05) is 0 Å². The molecule has 0 aromatic carbocycles. The van der Waals surface area contributed by atoms with Gasteiger partial charge in [0.1, 0.15) is 0 Å².